The Morgan fingerprint density at radius 1 is 1.17 bits per heavy atom. The lowest BCUT2D eigenvalue weighted by Gasteiger charge is -2.27. The first kappa shape index (κ1) is 24.9. The summed E-state index contributed by atoms with van der Waals surface area (Å²) in [6.07, 6.45) is 0.497. The first-order valence-electron chi connectivity index (χ1n) is 11.1. The zero-order valence-corrected chi connectivity index (χ0v) is 20.5. The van der Waals surface area contributed by atoms with Crippen LogP contribution in [0.3, 0.4) is 0 Å². The number of benzene rings is 2. The van der Waals surface area contributed by atoms with E-state index in [9.17, 15) is 29.7 Å². The highest BCUT2D eigenvalue weighted by atomic mass is 32.2. The zero-order chi connectivity index (χ0) is 25.4. The molecule has 1 amide bonds. The molecule has 2 aliphatic carbocycles. The Balaban J connectivity index is 1.69. The van der Waals surface area contributed by atoms with Gasteiger partial charge in [0.1, 0.15) is 23.3 Å². The molecule has 35 heavy (non-hydrogen) atoms. The topological polar surface area (TPSA) is 142 Å². The lowest BCUT2D eigenvalue weighted by Crippen LogP contribution is -2.41. The van der Waals surface area contributed by atoms with Gasteiger partial charge in [-0.1, -0.05) is 6.07 Å². The van der Waals surface area contributed by atoms with Crippen molar-refractivity contribution in [3.63, 3.8) is 0 Å². The number of carboxylic acid groups (broad SMARTS) is 1. The molecule has 0 saturated carbocycles. The summed E-state index contributed by atoms with van der Waals surface area (Å²) in [6, 6.07) is 2.72. The number of aromatic hydroxyl groups is 2. The second-order valence-electron chi connectivity index (χ2n) is 8.64. The van der Waals surface area contributed by atoms with Gasteiger partial charge >= 0.3 is 5.97 Å². The van der Waals surface area contributed by atoms with Crippen LogP contribution in [0.1, 0.15) is 58.5 Å². The number of phenolic OH excluding ortho intramolecular Hbond substituents is 2. The van der Waals surface area contributed by atoms with Crippen LogP contribution < -0.4 is 10.1 Å². The maximum Gasteiger partial charge on any atom is 0.327 e. The summed E-state index contributed by atoms with van der Waals surface area (Å²) in [4.78, 5) is 35.3. The molecule has 2 atom stereocenters. The fourth-order valence-corrected chi connectivity index (χ4v) is 5.89. The monoisotopic (exact) mass is 501 g/mol. The van der Waals surface area contributed by atoms with Crippen molar-refractivity contribution < 1.29 is 39.2 Å². The molecule has 4 N–H and O–H groups in total. The average molecular weight is 502 g/mol. The van der Waals surface area contributed by atoms with Crippen LogP contribution in [0.15, 0.2) is 12.1 Å². The van der Waals surface area contributed by atoms with Gasteiger partial charge in [0.25, 0.3) is 0 Å². The summed E-state index contributed by atoms with van der Waals surface area (Å²) < 4.78 is 11.1. The number of aliphatic carboxylic acids is 1. The SMILES string of the molecule is COc1cc(CSCC(NC(C)=O)C(=O)O)cc2c1-c1c(O)c3c(c(O)c1C2)C(OC)CCC3=O. The Labute approximate surface area is 206 Å². The van der Waals surface area contributed by atoms with E-state index >= 15 is 0 Å². The van der Waals surface area contributed by atoms with E-state index in [4.69, 9.17) is 9.47 Å². The van der Waals surface area contributed by atoms with Gasteiger partial charge < -0.3 is 30.1 Å². The lowest BCUT2D eigenvalue weighted by atomic mass is 9.83. The number of nitrogens with one attached hydrogen (secondary N) is 1. The highest BCUT2D eigenvalue weighted by Crippen LogP contribution is 2.56. The van der Waals surface area contributed by atoms with Crippen molar-refractivity contribution in [1.29, 1.82) is 0 Å². The molecule has 10 heteroatoms. The van der Waals surface area contributed by atoms with E-state index in [0.717, 1.165) is 11.1 Å². The van der Waals surface area contributed by atoms with Gasteiger partial charge in [0, 0.05) is 60.6 Å². The Bertz CT molecular complexity index is 1220. The molecule has 186 valence electrons. The molecule has 0 aliphatic heterocycles. The van der Waals surface area contributed by atoms with Gasteiger partial charge in [0.05, 0.1) is 18.8 Å². The van der Waals surface area contributed by atoms with Crippen LogP contribution in [0.5, 0.6) is 17.2 Å². The molecule has 4 rings (SSSR count). The quantitative estimate of drug-likeness (QED) is 0.342. The van der Waals surface area contributed by atoms with Crippen LogP contribution >= 0.6 is 11.8 Å². The second kappa shape index (κ2) is 9.79. The molecular formula is C25H27NO8S. The Morgan fingerprint density at radius 2 is 1.91 bits per heavy atom. The van der Waals surface area contributed by atoms with Gasteiger partial charge in [-0.25, -0.2) is 4.79 Å². The highest BCUT2D eigenvalue weighted by Gasteiger charge is 2.39. The number of rotatable bonds is 8. The average Bonchev–Trinajstić information content (AvgIpc) is 3.21. The van der Waals surface area contributed by atoms with E-state index < -0.39 is 24.0 Å². The number of fused-ring (bicyclic) bond motifs is 4. The number of methoxy groups -OCH3 is 2. The third kappa shape index (κ3) is 4.43. The smallest absolute Gasteiger partial charge is 0.327 e. The number of ketones is 1. The minimum atomic E-state index is -1.10. The number of thioether (sulfide) groups is 1. The van der Waals surface area contributed by atoms with Gasteiger partial charge in [-0.3, -0.25) is 9.59 Å². The molecule has 0 heterocycles. The van der Waals surface area contributed by atoms with Crippen LogP contribution in [0.25, 0.3) is 11.1 Å². The first-order valence-corrected chi connectivity index (χ1v) is 12.3. The predicted molar refractivity (Wildman–Crippen MR) is 129 cm³/mol. The molecule has 0 bridgehead atoms. The van der Waals surface area contributed by atoms with E-state index in [1.807, 2.05) is 6.07 Å². The lowest BCUT2D eigenvalue weighted by molar-refractivity contribution is -0.140. The Kier molecular flexibility index (Phi) is 6.95. The van der Waals surface area contributed by atoms with Crippen molar-refractivity contribution in [2.45, 2.75) is 44.1 Å². The molecule has 0 fully saturated rings. The molecule has 0 aromatic heterocycles. The van der Waals surface area contributed by atoms with Crippen molar-refractivity contribution in [2.75, 3.05) is 20.0 Å². The summed E-state index contributed by atoms with van der Waals surface area (Å²) in [5.41, 5.74) is 3.66. The summed E-state index contributed by atoms with van der Waals surface area (Å²) >= 11 is 1.35. The highest BCUT2D eigenvalue weighted by molar-refractivity contribution is 7.98. The van der Waals surface area contributed by atoms with Gasteiger partial charge in [0.15, 0.2) is 5.78 Å². The maximum atomic E-state index is 12.7. The minimum absolute atomic E-state index is 0.0403. The summed E-state index contributed by atoms with van der Waals surface area (Å²) in [5, 5.41) is 34.1. The van der Waals surface area contributed by atoms with Crippen LogP contribution in [-0.2, 0) is 26.5 Å². The third-order valence-corrected chi connectivity index (χ3v) is 7.52. The van der Waals surface area contributed by atoms with Crippen molar-refractivity contribution >= 4 is 29.4 Å². The van der Waals surface area contributed by atoms with Crippen LogP contribution in [0, 0.1) is 0 Å². The summed E-state index contributed by atoms with van der Waals surface area (Å²) in [6.45, 7) is 1.27. The van der Waals surface area contributed by atoms with Gasteiger partial charge in [-0.05, 0) is 23.6 Å². The number of amides is 1. The Morgan fingerprint density at radius 3 is 2.54 bits per heavy atom. The van der Waals surface area contributed by atoms with Gasteiger partial charge in [0.2, 0.25) is 5.91 Å². The van der Waals surface area contributed by atoms with Gasteiger partial charge in [-0.2, -0.15) is 11.8 Å². The molecular weight excluding hydrogens is 474 g/mol. The van der Waals surface area contributed by atoms with E-state index in [0.29, 0.717) is 46.6 Å². The minimum Gasteiger partial charge on any atom is -0.507 e. The number of ether oxygens (including phenoxy) is 2. The molecule has 2 unspecified atom stereocenters. The van der Waals surface area contributed by atoms with Crippen molar-refractivity contribution in [3.8, 4) is 28.4 Å². The number of carbonyl (C=O) groups is 3. The predicted octanol–water partition coefficient (Wildman–Crippen LogP) is 3.16. The number of carboxylic acids is 1. The third-order valence-electron chi connectivity index (χ3n) is 6.41. The second-order valence-corrected chi connectivity index (χ2v) is 9.67. The summed E-state index contributed by atoms with van der Waals surface area (Å²) in [5.74, 6) is -0.836. The maximum absolute atomic E-state index is 12.7. The van der Waals surface area contributed by atoms with Gasteiger partial charge in [-0.15, -0.1) is 0 Å². The summed E-state index contributed by atoms with van der Waals surface area (Å²) in [7, 11) is 3.01. The molecule has 2 aromatic carbocycles. The van der Waals surface area contributed by atoms with E-state index in [-0.39, 0.29) is 35.0 Å². The number of Topliss-reactive ketones (excluding diaryl/α,β-unsaturated/α-hetero) is 1. The normalized spacial score (nSPS) is 16.8. The van der Waals surface area contributed by atoms with Crippen molar-refractivity contribution in [2.24, 2.45) is 0 Å². The fourth-order valence-electron chi connectivity index (χ4n) is 4.91. The standard InChI is InChI=1S/C25H27NO8S/c1-11(27)26-15(25(31)32)10-35-9-12-6-13-8-14-20(19(13)18(7-12)34-3)24(30)21-16(28)4-5-17(33-2)22(21)23(14)29/h6-7,15,17,29-30H,4-5,8-10H2,1-3H3,(H,26,27)(H,31,32). The fraction of sp³-hybridized carbons (Fsp3) is 0.400. The van der Waals surface area contributed by atoms with Crippen LogP contribution in [0.2, 0.25) is 0 Å². The molecule has 2 aromatic rings. The molecule has 0 spiro atoms. The number of phenols is 2. The van der Waals surface area contributed by atoms with E-state index in [2.05, 4.69) is 5.32 Å². The number of carbonyl (C=O) groups excluding carboxylic acids is 2. The van der Waals surface area contributed by atoms with Crippen molar-refractivity contribution in [3.05, 3.63) is 39.9 Å². The number of hydrogen-bond donors (Lipinski definition) is 4. The molecule has 0 radical (unpaired) electrons. The van der Waals surface area contributed by atoms with E-state index in [1.54, 1.807) is 6.07 Å². The van der Waals surface area contributed by atoms with Crippen LogP contribution in [0.4, 0.5) is 0 Å². The molecule has 2 aliphatic rings. The number of hydrogen-bond acceptors (Lipinski definition) is 8. The van der Waals surface area contributed by atoms with Crippen LogP contribution in [-0.4, -0.2) is 59.0 Å². The molecule has 9 nitrogen and oxygen atoms in total. The largest absolute Gasteiger partial charge is 0.507 e. The molecule has 0 saturated heterocycles. The van der Waals surface area contributed by atoms with E-state index in [1.165, 1.54) is 32.9 Å². The van der Waals surface area contributed by atoms with Crippen molar-refractivity contribution in [1.82, 2.24) is 5.32 Å². The Hall–Kier alpha value is -3.24. The first-order chi connectivity index (χ1) is 16.7. The zero-order valence-electron chi connectivity index (χ0n) is 19.6.